The van der Waals surface area contributed by atoms with Crippen molar-refractivity contribution >= 4 is 0 Å². The number of allylic oxidation sites excluding steroid dienone is 2. The average molecular weight is 278 g/mol. The maximum Gasteiger partial charge on any atom is 0 e. The Kier molecular flexibility index (Phi) is 319. The van der Waals surface area contributed by atoms with Crippen LogP contribution in [0.15, 0.2) is 11.1 Å². The van der Waals surface area contributed by atoms with Gasteiger partial charge in [0.25, 0.3) is 0 Å². The van der Waals surface area contributed by atoms with Crippen molar-refractivity contribution in [2.45, 2.75) is 20.8 Å². The van der Waals surface area contributed by atoms with Crippen molar-refractivity contribution in [1.82, 2.24) is 0 Å². The van der Waals surface area contributed by atoms with Crippen LogP contribution in [0.3, 0.4) is 0 Å². The van der Waals surface area contributed by atoms with E-state index in [1.54, 1.807) is 0 Å². The van der Waals surface area contributed by atoms with E-state index in [1.807, 2.05) is 6.92 Å². The topological polar surface area (TPSA) is 99.5 Å². The third kappa shape index (κ3) is 305. The minimum Gasteiger partial charge on any atom is -0.242 e. The minimum absolute atomic E-state index is 0. The summed E-state index contributed by atoms with van der Waals surface area (Å²) >= 11 is 0. The smallest absolute Gasteiger partial charge is 0 e. The van der Waals surface area contributed by atoms with Gasteiger partial charge >= 0.3 is 56.5 Å². The Morgan fingerprint density at radius 2 is 0.706 bits per heavy atom. The molecule has 0 bridgehead atoms. The first kappa shape index (κ1) is 44.7. The molecule has 0 saturated carbocycles. The summed E-state index contributed by atoms with van der Waals surface area (Å²) in [5.74, 6) is 0. The molecule has 0 rings (SSSR count). The van der Waals surface area contributed by atoms with E-state index in [0.29, 0.717) is 0 Å². The second kappa shape index (κ2) is 122. The van der Waals surface area contributed by atoms with Crippen molar-refractivity contribution in [1.29, 1.82) is 0 Å². The molecule has 0 amide bonds. The van der Waals surface area contributed by atoms with Crippen LogP contribution in [0.5, 0.6) is 0 Å². The summed E-state index contributed by atoms with van der Waals surface area (Å²) in [5, 5.41) is 0. The number of hydrogen-bond acceptors (Lipinski definition) is 0. The van der Waals surface area contributed by atoms with Crippen LogP contribution in [0.2, 0.25) is 0 Å². The molecule has 6 heteroatoms. The Bertz CT molecular complexity index is 180. The second-order valence-corrected chi connectivity index (χ2v) is 1.78. The van der Waals surface area contributed by atoms with Gasteiger partial charge in [-0.05, 0) is 0 Å². The van der Waals surface area contributed by atoms with Crippen LogP contribution in [0.25, 0.3) is 0 Å². The van der Waals surface area contributed by atoms with Gasteiger partial charge in [-0.15, -0.1) is 13.8 Å². The van der Waals surface area contributed by atoms with Gasteiger partial charge in [0.2, 0.25) is 0 Å². The second-order valence-electron chi connectivity index (χ2n) is 1.78. The molecule has 17 heavy (non-hydrogen) atoms. The average Bonchev–Trinajstić information content (AvgIpc) is 2.41. The van der Waals surface area contributed by atoms with Gasteiger partial charge in [0.05, 0.1) is 0 Å². The van der Waals surface area contributed by atoms with Crippen molar-refractivity contribution in [3.8, 4) is 0 Å². The first-order valence-corrected chi connectivity index (χ1v) is 3.12. The molecule has 0 aliphatic rings. The van der Waals surface area contributed by atoms with E-state index < -0.39 is 0 Å². The van der Waals surface area contributed by atoms with Crippen LogP contribution in [0.4, 0.5) is 0 Å². The minimum atomic E-state index is 0. The van der Waals surface area contributed by atoms with E-state index in [0.717, 1.165) is 0 Å². The molecule has 0 aromatic rings. The van der Waals surface area contributed by atoms with Crippen molar-refractivity contribution in [2.24, 2.45) is 0 Å². The molecule has 1 radical (unpaired) electrons. The first-order chi connectivity index (χ1) is 7.64. The fourth-order valence-electron chi connectivity index (χ4n) is 0. The van der Waals surface area contributed by atoms with Crippen LogP contribution in [-0.2, 0) is 40.3 Å². The molecule has 0 heterocycles. The van der Waals surface area contributed by atoms with Crippen LogP contribution in [-0.4, -0.2) is 0 Å². The molecule has 0 fully saturated rings. The molecule has 93 valence electrons. The Balaban J connectivity index is -0.0000000158. The molecule has 0 saturated heterocycles. The summed E-state index contributed by atoms with van der Waals surface area (Å²) < 4.78 is 37.5. The molecule has 5 nitrogen and oxygen atoms in total. The van der Waals surface area contributed by atoms with E-state index in [9.17, 15) is 0 Å². The molecule has 0 atom stereocenters. The summed E-state index contributed by atoms with van der Waals surface area (Å²) in [5.41, 5.74) is 2.49. The van der Waals surface area contributed by atoms with Gasteiger partial charge in [0, 0.05) is 17.1 Å². The van der Waals surface area contributed by atoms with Crippen LogP contribution >= 0.6 is 0 Å². The van der Waals surface area contributed by atoms with Gasteiger partial charge in [0.15, 0.2) is 0 Å². The number of hydrogen-bond donors (Lipinski definition) is 0. The van der Waals surface area contributed by atoms with Crippen LogP contribution < -0.4 is 0 Å². The summed E-state index contributed by atoms with van der Waals surface area (Å²) in [4.78, 5) is 0. The third-order valence-corrected chi connectivity index (χ3v) is 0.854. The monoisotopic (exact) mass is 278 g/mol. The molecule has 0 N–H and O–H groups in total. The maximum atomic E-state index is 7.50. The van der Waals surface area contributed by atoms with Crippen LogP contribution in [0.1, 0.15) is 20.8 Å². The fourth-order valence-corrected chi connectivity index (χ4v) is 0. The zero-order valence-electron chi connectivity index (χ0n) is 9.63. The molecule has 0 aliphatic heterocycles. The van der Waals surface area contributed by atoms with Gasteiger partial charge in [-0.1, -0.05) is 6.92 Å². The largest absolute Gasteiger partial charge is 0.242 e. The van der Waals surface area contributed by atoms with E-state index in [1.165, 1.54) is 11.1 Å². The van der Waals surface area contributed by atoms with Crippen molar-refractivity contribution in [2.75, 3.05) is 0 Å². The Hall–Kier alpha value is -1.17. The maximum absolute atomic E-state index is 7.50. The predicted molar refractivity (Wildman–Crippen MR) is 49.1 cm³/mol. The van der Waals surface area contributed by atoms with Gasteiger partial charge in [-0.25, -0.2) is 18.1 Å². The Labute approximate surface area is 113 Å². The molecule has 0 spiro atoms. The molecule has 0 unspecified atom stereocenters. The first-order valence-electron chi connectivity index (χ1n) is 3.12. The zero-order chi connectivity index (χ0) is 15.2. The molecule has 0 aliphatic carbocycles. The van der Waals surface area contributed by atoms with Gasteiger partial charge < -0.3 is 0 Å². The van der Waals surface area contributed by atoms with Gasteiger partial charge in [0.1, 0.15) is 0 Å². The van der Waals surface area contributed by atoms with E-state index in [2.05, 4.69) is 54.0 Å². The van der Waals surface area contributed by atoms with Gasteiger partial charge in [-0.3, -0.25) is 0 Å². The third-order valence-electron chi connectivity index (χ3n) is 0.854. The quantitative estimate of drug-likeness (QED) is 0.367. The summed E-state index contributed by atoms with van der Waals surface area (Å²) in [7, 11) is 0. The van der Waals surface area contributed by atoms with Crippen molar-refractivity contribution in [3.63, 3.8) is 0 Å². The van der Waals surface area contributed by atoms with E-state index in [4.69, 9.17) is 23.3 Å². The Morgan fingerprint density at radius 3 is 0.706 bits per heavy atom. The van der Waals surface area contributed by atoms with Crippen LogP contribution in [0, 0.1) is 40.2 Å². The zero-order valence-corrected chi connectivity index (χ0v) is 10.8. The van der Waals surface area contributed by atoms with E-state index in [-0.39, 0.29) is 17.1 Å². The molecular weight excluding hydrogens is 267 g/mol. The summed E-state index contributed by atoms with van der Waals surface area (Å²) in [6.07, 6.45) is 0. The van der Waals surface area contributed by atoms with E-state index >= 15 is 0 Å². The SMILES string of the molecule is [C-]#[O+].[C-]#[O+].[C-]#[O+].[C-]#[O+].[C-]#[O+].[CH2-]C(C)=C(C)C.[Mn]. The van der Waals surface area contributed by atoms with Gasteiger partial charge in [-0.2, -0.15) is 0 Å². The van der Waals surface area contributed by atoms with Crippen molar-refractivity contribution < 1.29 is 40.3 Å². The summed E-state index contributed by atoms with van der Waals surface area (Å²) in [6, 6.07) is 0. The predicted octanol–water partition coefficient (Wildman–Crippen LogP) is 1.99. The van der Waals surface area contributed by atoms with Crippen molar-refractivity contribution in [3.05, 3.63) is 51.3 Å². The number of rotatable bonds is 0. The summed E-state index contributed by atoms with van der Waals surface area (Å²) in [6.45, 7) is 32.3. The fraction of sp³-hybridized carbons (Fsp3) is 0.273. The molecule has 0 aromatic carbocycles. The normalized spacial score (nSPS) is 3.35. The molecular formula is C11H11MnO5-. The standard InChI is InChI=1S/C6H11.5CO.Mn/c1-5(2)6(3)4;5*1-2;/h1H2,2-4H3;;;;;;/q-1;;;;;;. The Morgan fingerprint density at radius 1 is 0.647 bits per heavy atom. The molecule has 0 aromatic heterocycles.